The zero-order chi connectivity index (χ0) is 9.94. The van der Waals surface area contributed by atoms with Gasteiger partial charge in [-0.2, -0.15) is 0 Å². The van der Waals surface area contributed by atoms with Crippen molar-refractivity contribution in [3.8, 4) is 0 Å². The van der Waals surface area contributed by atoms with E-state index in [2.05, 4.69) is 32.9 Å². The Morgan fingerprint density at radius 3 is 2.31 bits per heavy atom. The smallest absolute Gasteiger partial charge is 0.0322 e. The number of rotatable bonds is 8. The van der Waals surface area contributed by atoms with Crippen molar-refractivity contribution in [1.29, 1.82) is 0 Å². The van der Waals surface area contributed by atoms with Crippen molar-refractivity contribution in [2.45, 2.75) is 65.7 Å². The van der Waals surface area contributed by atoms with Crippen LogP contribution in [0.3, 0.4) is 0 Å². The van der Waals surface area contributed by atoms with Crippen LogP contribution in [0.25, 0.3) is 0 Å². The molecule has 0 N–H and O–H groups in total. The molecule has 0 nitrogen and oxygen atoms in total. The maximum Gasteiger partial charge on any atom is -0.0322 e. The first-order valence-electron chi connectivity index (χ1n) is 6.00. The van der Waals surface area contributed by atoms with E-state index in [0.717, 1.165) is 5.92 Å². The minimum Gasteiger partial charge on any atom is -0.0888 e. The van der Waals surface area contributed by atoms with Gasteiger partial charge in [-0.25, -0.2) is 0 Å². The lowest BCUT2D eigenvalue weighted by Crippen LogP contribution is -1.96. The molecule has 0 heterocycles. The van der Waals surface area contributed by atoms with Crippen molar-refractivity contribution in [3.05, 3.63) is 12.2 Å². The highest BCUT2D eigenvalue weighted by Gasteiger charge is 2.02. The van der Waals surface area contributed by atoms with Gasteiger partial charge in [-0.05, 0) is 18.8 Å². The lowest BCUT2D eigenvalue weighted by Gasteiger charge is -2.11. The molecule has 0 aliphatic carbocycles. The molecule has 0 aliphatic rings. The van der Waals surface area contributed by atoms with E-state index in [4.69, 9.17) is 0 Å². The van der Waals surface area contributed by atoms with Gasteiger partial charge in [0.25, 0.3) is 0 Å². The van der Waals surface area contributed by atoms with E-state index in [-0.39, 0.29) is 0 Å². The number of hydrogen-bond acceptors (Lipinski definition) is 0. The third kappa shape index (κ3) is 8.08. The summed E-state index contributed by atoms with van der Waals surface area (Å²) < 4.78 is 0. The van der Waals surface area contributed by atoms with Crippen molar-refractivity contribution in [2.75, 3.05) is 0 Å². The fourth-order valence-corrected chi connectivity index (χ4v) is 1.63. The normalized spacial score (nSPS) is 13.8. The number of allylic oxidation sites excluding steroid dienone is 2. The molecule has 1 atom stereocenters. The minimum atomic E-state index is 0.939. The van der Waals surface area contributed by atoms with Gasteiger partial charge in [0.2, 0.25) is 0 Å². The van der Waals surface area contributed by atoms with Crippen LogP contribution >= 0.6 is 0 Å². The molecule has 0 spiro atoms. The van der Waals surface area contributed by atoms with Gasteiger partial charge in [-0.1, -0.05) is 65.0 Å². The van der Waals surface area contributed by atoms with Crippen LogP contribution in [0.15, 0.2) is 12.2 Å². The van der Waals surface area contributed by atoms with Crippen LogP contribution in [0.2, 0.25) is 0 Å². The molecule has 13 heavy (non-hydrogen) atoms. The Balaban J connectivity index is 3.45. The standard InChI is InChI=1S/C13H26/c1-4-7-9-11-13(6-3)12-10-8-5-2/h7,9,13H,4-6,8,10-12H2,1-3H3. The third-order valence-corrected chi connectivity index (χ3v) is 2.67. The molecular formula is C13H26. The molecule has 0 aromatic heterocycles. The average Bonchev–Trinajstić information content (AvgIpc) is 2.16. The van der Waals surface area contributed by atoms with Crippen LogP contribution < -0.4 is 0 Å². The molecule has 0 bridgehead atoms. The largest absolute Gasteiger partial charge is 0.0888 e. The second kappa shape index (κ2) is 9.83. The molecular weight excluding hydrogens is 156 g/mol. The van der Waals surface area contributed by atoms with Gasteiger partial charge in [-0.3, -0.25) is 0 Å². The topological polar surface area (TPSA) is 0 Å². The predicted octanol–water partition coefficient (Wildman–Crippen LogP) is 4.95. The van der Waals surface area contributed by atoms with E-state index >= 15 is 0 Å². The Morgan fingerprint density at radius 2 is 1.77 bits per heavy atom. The van der Waals surface area contributed by atoms with E-state index < -0.39 is 0 Å². The first-order valence-corrected chi connectivity index (χ1v) is 6.00. The van der Waals surface area contributed by atoms with Crippen molar-refractivity contribution >= 4 is 0 Å². The Labute approximate surface area is 84.4 Å². The molecule has 0 rings (SSSR count). The van der Waals surface area contributed by atoms with E-state index in [9.17, 15) is 0 Å². The van der Waals surface area contributed by atoms with Gasteiger partial charge >= 0.3 is 0 Å². The Bertz CT molecular complexity index is 113. The van der Waals surface area contributed by atoms with E-state index in [1.807, 2.05) is 0 Å². The monoisotopic (exact) mass is 182 g/mol. The fraction of sp³-hybridized carbons (Fsp3) is 0.846. The molecule has 0 saturated carbocycles. The quantitative estimate of drug-likeness (QED) is 0.368. The van der Waals surface area contributed by atoms with Crippen LogP contribution in [0, 0.1) is 5.92 Å². The molecule has 0 heteroatoms. The average molecular weight is 182 g/mol. The summed E-state index contributed by atoms with van der Waals surface area (Å²) in [5.74, 6) is 0.939. The molecule has 0 aliphatic heterocycles. The molecule has 0 saturated heterocycles. The third-order valence-electron chi connectivity index (χ3n) is 2.67. The van der Waals surface area contributed by atoms with Gasteiger partial charge in [-0.15, -0.1) is 0 Å². The number of hydrogen-bond donors (Lipinski definition) is 0. The number of unbranched alkanes of at least 4 members (excludes halogenated alkanes) is 2. The van der Waals surface area contributed by atoms with Crippen LogP contribution in [0.4, 0.5) is 0 Å². The summed E-state index contributed by atoms with van der Waals surface area (Å²) in [6.45, 7) is 6.79. The first-order chi connectivity index (χ1) is 6.35. The molecule has 78 valence electrons. The van der Waals surface area contributed by atoms with Gasteiger partial charge < -0.3 is 0 Å². The molecule has 0 amide bonds. The highest BCUT2D eigenvalue weighted by atomic mass is 14.1. The summed E-state index contributed by atoms with van der Waals surface area (Å²) in [5.41, 5.74) is 0. The van der Waals surface area contributed by atoms with Crippen molar-refractivity contribution in [2.24, 2.45) is 5.92 Å². The van der Waals surface area contributed by atoms with Crippen LogP contribution in [-0.4, -0.2) is 0 Å². The van der Waals surface area contributed by atoms with E-state index in [1.165, 1.54) is 44.9 Å². The first kappa shape index (κ1) is 12.7. The zero-order valence-corrected chi connectivity index (χ0v) is 9.68. The second-order valence-corrected chi connectivity index (χ2v) is 3.89. The van der Waals surface area contributed by atoms with Gasteiger partial charge in [0.05, 0.1) is 0 Å². The van der Waals surface area contributed by atoms with Crippen molar-refractivity contribution < 1.29 is 0 Å². The molecule has 0 aromatic carbocycles. The molecule has 1 unspecified atom stereocenters. The lowest BCUT2D eigenvalue weighted by atomic mass is 9.95. The summed E-state index contributed by atoms with van der Waals surface area (Å²) in [7, 11) is 0. The second-order valence-electron chi connectivity index (χ2n) is 3.89. The minimum absolute atomic E-state index is 0.939. The van der Waals surface area contributed by atoms with Crippen molar-refractivity contribution in [1.82, 2.24) is 0 Å². The van der Waals surface area contributed by atoms with Gasteiger partial charge in [0, 0.05) is 0 Å². The SMILES string of the molecule is CCC=CCC(CC)CCCCC. The summed E-state index contributed by atoms with van der Waals surface area (Å²) in [4.78, 5) is 0. The molecule has 0 aromatic rings. The zero-order valence-electron chi connectivity index (χ0n) is 9.68. The Morgan fingerprint density at radius 1 is 1.00 bits per heavy atom. The van der Waals surface area contributed by atoms with E-state index in [1.54, 1.807) is 0 Å². The maximum absolute atomic E-state index is 2.36. The highest BCUT2D eigenvalue weighted by Crippen LogP contribution is 2.17. The summed E-state index contributed by atoms with van der Waals surface area (Å²) in [5, 5.41) is 0. The van der Waals surface area contributed by atoms with Gasteiger partial charge in [0.1, 0.15) is 0 Å². The van der Waals surface area contributed by atoms with Crippen LogP contribution in [0.1, 0.15) is 65.7 Å². The van der Waals surface area contributed by atoms with E-state index in [0.29, 0.717) is 0 Å². The van der Waals surface area contributed by atoms with Crippen LogP contribution in [0.5, 0.6) is 0 Å². The van der Waals surface area contributed by atoms with Crippen molar-refractivity contribution in [3.63, 3.8) is 0 Å². The lowest BCUT2D eigenvalue weighted by molar-refractivity contribution is 0.449. The maximum atomic E-state index is 2.36. The Hall–Kier alpha value is -0.260. The predicted molar refractivity (Wildman–Crippen MR) is 62.0 cm³/mol. The Kier molecular flexibility index (Phi) is 9.63. The summed E-state index contributed by atoms with van der Waals surface area (Å²) >= 11 is 0. The van der Waals surface area contributed by atoms with Crippen LogP contribution in [-0.2, 0) is 0 Å². The fourth-order valence-electron chi connectivity index (χ4n) is 1.63. The summed E-state index contributed by atoms with van der Waals surface area (Å²) in [6, 6.07) is 0. The van der Waals surface area contributed by atoms with Gasteiger partial charge in [0.15, 0.2) is 0 Å². The molecule has 0 fully saturated rings. The molecule has 0 radical (unpaired) electrons. The summed E-state index contributed by atoms with van der Waals surface area (Å²) in [6.07, 6.45) is 14.1. The highest BCUT2D eigenvalue weighted by molar-refractivity contribution is 4.82.